The molecule has 2 amide bonds. The number of ether oxygens (including phenoxy) is 2. The molecule has 27 heavy (non-hydrogen) atoms. The zero-order chi connectivity index (χ0) is 19.6. The van der Waals surface area contributed by atoms with Crippen LogP contribution in [-0.2, 0) is 20.9 Å². The van der Waals surface area contributed by atoms with Gasteiger partial charge in [-0.3, -0.25) is 14.5 Å². The van der Waals surface area contributed by atoms with Gasteiger partial charge in [-0.25, -0.2) is 4.39 Å². The summed E-state index contributed by atoms with van der Waals surface area (Å²) in [5, 5.41) is 5.58. The first-order valence-corrected chi connectivity index (χ1v) is 9.23. The van der Waals surface area contributed by atoms with Crippen molar-refractivity contribution in [1.82, 2.24) is 15.5 Å². The predicted molar refractivity (Wildman–Crippen MR) is 98.9 cm³/mol. The van der Waals surface area contributed by atoms with Gasteiger partial charge in [0.25, 0.3) is 0 Å². The maximum atomic E-state index is 14.2. The van der Waals surface area contributed by atoms with E-state index >= 15 is 0 Å². The number of methoxy groups -OCH3 is 1. The number of carbonyl (C=O) groups is 2. The molecule has 2 N–H and O–H groups in total. The first kappa shape index (κ1) is 21.1. The lowest BCUT2D eigenvalue weighted by molar-refractivity contribution is -0.134. The third kappa shape index (κ3) is 6.48. The molecular weight excluding hydrogens is 353 g/mol. The molecule has 0 spiro atoms. The number of carbonyl (C=O) groups excluding carboxylic acids is 2. The molecule has 1 saturated heterocycles. The van der Waals surface area contributed by atoms with Crippen molar-refractivity contribution in [3.05, 3.63) is 29.6 Å². The van der Waals surface area contributed by atoms with E-state index in [1.54, 1.807) is 12.1 Å². The third-order valence-corrected chi connectivity index (χ3v) is 4.45. The Morgan fingerprint density at radius 1 is 1.44 bits per heavy atom. The molecule has 1 aromatic rings. The summed E-state index contributed by atoms with van der Waals surface area (Å²) in [5.41, 5.74) is 0.465. The van der Waals surface area contributed by atoms with Gasteiger partial charge >= 0.3 is 0 Å². The van der Waals surface area contributed by atoms with Crippen LogP contribution in [0.5, 0.6) is 5.75 Å². The van der Waals surface area contributed by atoms with Crippen molar-refractivity contribution < 1.29 is 23.5 Å². The average Bonchev–Trinajstić information content (AvgIpc) is 2.65. The Bertz CT molecular complexity index is 641. The maximum absolute atomic E-state index is 14.2. The number of halogens is 1. The van der Waals surface area contributed by atoms with Crippen LogP contribution in [0.25, 0.3) is 0 Å². The molecule has 0 radical (unpaired) electrons. The molecule has 1 heterocycles. The van der Waals surface area contributed by atoms with E-state index in [1.807, 2.05) is 11.8 Å². The lowest BCUT2D eigenvalue weighted by Gasteiger charge is -2.34. The van der Waals surface area contributed by atoms with Crippen LogP contribution in [0.15, 0.2) is 18.2 Å². The van der Waals surface area contributed by atoms with Crippen LogP contribution in [0, 0.1) is 5.82 Å². The largest absolute Gasteiger partial charge is 0.497 e. The smallest absolute Gasteiger partial charge is 0.237 e. The van der Waals surface area contributed by atoms with Gasteiger partial charge in [0, 0.05) is 51.0 Å². The van der Waals surface area contributed by atoms with Crippen molar-refractivity contribution in [2.75, 3.05) is 40.0 Å². The van der Waals surface area contributed by atoms with Gasteiger partial charge in [-0.2, -0.15) is 0 Å². The van der Waals surface area contributed by atoms with Crippen molar-refractivity contribution in [2.24, 2.45) is 0 Å². The van der Waals surface area contributed by atoms with Gasteiger partial charge in [-0.15, -0.1) is 0 Å². The highest BCUT2D eigenvalue weighted by atomic mass is 19.1. The summed E-state index contributed by atoms with van der Waals surface area (Å²) in [6.45, 7) is 4.94. The highest BCUT2D eigenvalue weighted by Gasteiger charge is 2.31. The second kappa shape index (κ2) is 10.8. The maximum Gasteiger partial charge on any atom is 0.237 e. The topological polar surface area (TPSA) is 79.9 Å². The van der Waals surface area contributed by atoms with E-state index in [9.17, 15) is 14.0 Å². The Hall–Kier alpha value is -2.19. The van der Waals surface area contributed by atoms with E-state index in [-0.39, 0.29) is 30.6 Å². The van der Waals surface area contributed by atoms with E-state index < -0.39 is 6.04 Å². The molecule has 0 aliphatic carbocycles. The number of hydrogen-bond acceptors (Lipinski definition) is 5. The summed E-state index contributed by atoms with van der Waals surface area (Å²) in [7, 11) is 1.48. The average molecular weight is 381 g/mol. The predicted octanol–water partition coefficient (Wildman–Crippen LogP) is 1.07. The van der Waals surface area contributed by atoms with E-state index in [2.05, 4.69) is 10.6 Å². The standard InChI is InChI=1S/C19H28FN3O4/c1-3-27-10-4-7-21-18(24)12-17-19(25)22-8-9-23(17)13-14-5-6-15(26-2)11-16(14)20/h5-6,11,17H,3-4,7-10,12-13H2,1-2H3,(H,21,24)(H,22,25). The van der Waals surface area contributed by atoms with Crippen molar-refractivity contribution in [1.29, 1.82) is 0 Å². The number of amides is 2. The second-order valence-electron chi connectivity index (χ2n) is 6.34. The van der Waals surface area contributed by atoms with E-state index in [4.69, 9.17) is 9.47 Å². The molecule has 1 atom stereocenters. The minimum Gasteiger partial charge on any atom is -0.497 e. The normalized spacial score (nSPS) is 17.4. The fourth-order valence-corrected chi connectivity index (χ4v) is 2.97. The van der Waals surface area contributed by atoms with E-state index in [0.29, 0.717) is 44.2 Å². The Kier molecular flexibility index (Phi) is 8.47. The molecule has 1 unspecified atom stereocenters. The number of benzene rings is 1. The summed E-state index contributed by atoms with van der Waals surface area (Å²) < 4.78 is 24.5. The van der Waals surface area contributed by atoms with Gasteiger partial charge < -0.3 is 20.1 Å². The Labute approximate surface area is 159 Å². The molecule has 150 valence electrons. The lowest BCUT2D eigenvalue weighted by atomic mass is 10.1. The lowest BCUT2D eigenvalue weighted by Crippen LogP contribution is -2.56. The number of piperazine rings is 1. The van der Waals surface area contributed by atoms with Crippen molar-refractivity contribution in [3.8, 4) is 5.75 Å². The summed E-state index contributed by atoms with van der Waals surface area (Å²) in [5.74, 6) is -0.358. The van der Waals surface area contributed by atoms with Crippen LogP contribution in [0.4, 0.5) is 4.39 Å². The Morgan fingerprint density at radius 3 is 2.96 bits per heavy atom. The van der Waals surface area contributed by atoms with Gasteiger partial charge in [-0.1, -0.05) is 6.07 Å². The molecule has 1 aliphatic rings. The summed E-state index contributed by atoms with van der Waals surface area (Å²) in [6.07, 6.45) is 0.759. The van der Waals surface area contributed by atoms with Crippen LogP contribution >= 0.6 is 0 Å². The first-order valence-electron chi connectivity index (χ1n) is 9.23. The zero-order valence-electron chi connectivity index (χ0n) is 15.9. The molecular formula is C19H28FN3O4. The number of rotatable bonds is 10. The highest BCUT2D eigenvalue weighted by Crippen LogP contribution is 2.20. The van der Waals surface area contributed by atoms with Crippen LogP contribution in [0.3, 0.4) is 0 Å². The molecule has 0 aromatic heterocycles. The monoisotopic (exact) mass is 381 g/mol. The molecule has 0 bridgehead atoms. The van der Waals surface area contributed by atoms with Gasteiger partial charge in [0.05, 0.1) is 19.6 Å². The van der Waals surface area contributed by atoms with Crippen LogP contribution < -0.4 is 15.4 Å². The van der Waals surface area contributed by atoms with Crippen LogP contribution in [0.2, 0.25) is 0 Å². The fourth-order valence-electron chi connectivity index (χ4n) is 2.97. The summed E-state index contributed by atoms with van der Waals surface area (Å²) in [4.78, 5) is 26.3. The SMILES string of the molecule is CCOCCCNC(=O)CC1C(=O)NCCN1Cc1ccc(OC)cc1F. The van der Waals surface area contributed by atoms with Gasteiger partial charge in [0.2, 0.25) is 11.8 Å². The number of nitrogens with zero attached hydrogens (tertiary/aromatic N) is 1. The molecule has 2 rings (SSSR count). The van der Waals surface area contributed by atoms with Gasteiger partial charge in [0.1, 0.15) is 11.6 Å². The minimum atomic E-state index is -0.618. The zero-order valence-corrected chi connectivity index (χ0v) is 15.9. The molecule has 0 saturated carbocycles. The summed E-state index contributed by atoms with van der Waals surface area (Å²) >= 11 is 0. The van der Waals surface area contributed by atoms with Crippen molar-refractivity contribution >= 4 is 11.8 Å². The molecule has 7 nitrogen and oxygen atoms in total. The Morgan fingerprint density at radius 2 is 2.26 bits per heavy atom. The van der Waals surface area contributed by atoms with E-state index in [1.165, 1.54) is 13.2 Å². The quantitative estimate of drug-likeness (QED) is 0.593. The third-order valence-electron chi connectivity index (χ3n) is 4.45. The minimum absolute atomic E-state index is 0.0399. The van der Waals surface area contributed by atoms with Gasteiger partial charge in [0.15, 0.2) is 0 Å². The second-order valence-corrected chi connectivity index (χ2v) is 6.34. The molecule has 1 aliphatic heterocycles. The number of nitrogens with one attached hydrogen (secondary N) is 2. The van der Waals surface area contributed by atoms with E-state index in [0.717, 1.165) is 6.42 Å². The molecule has 1 aromatic carbocycles. The van der Waals surface area contributed by atoms with Crippen molar-refractivity contribution in [3.63, 3.8) is 0 Å². The van der Waals surface area contributed by atoms with Crippen LogP contribution in [-0.4, -0.2) is 62.7 Å². The Balaban J connectivity index is 1.94. The fraction of sp³-hybridized carbons (Fsp3) is 0.579. The number of hydrogen-bond donors (Lipinski definition) is 2. The highest BCUT2D eigenvalue weighted by molar-refractivity contribution is 5.88. The van der Waals surface area contributed by atoms with Gasteiger partial charge in [-0.05, 0) is 19.4 Å². The van der Waals surface area contributed by atoms with Crippen molar-refractivity contribution in [2.45, 2.75) is 32.4 Å². The summed E-state index contributed by atoms with van der Waals surface area (Å²) in [6, 6.07) is 4.03. The first-order chi connectivity index (χ1) is 13.0. The van der Waals surface area contributed by atoms with Crippen LogP contribution in [0.1, 0.15) is 25.3 Å². The molecule has 1 fully saturated rings. The molecule has 8 heteroatoms.